The molecule has 0 aliphatic heterocycles. The number of ether oxygens (including phenoxy) is 2. The number of aliphatic hydroxyl groups excluding tert-OH is 2. The lowest BCUT2D eigenvalue weighted by Crippen LogP contribution is -2.27. The molecule has 0 rings (SSSR count). The highest BCUT2D eigenvalue weighted by Gasteiger charge is 2.10. The molecule has 0 saturated heterocycles. The Labute approximate surface area is 468 Å². The molecule has 0 aliphatic carbocycles. The SMILES string of the molecule is CC.CC.CC.CCC.CCCCC.CCCCCCCCCCCC.CCCCCCCN(CCCC)CCCO.CCCCCCOCCCC(C)CCC(CCC)CCC.CCC[C@@H](C)OC=O.CO. The molecule has 0 fully saturated rings. The van der Waals surface area contributed by atoms with Gasteiger partial charge >= 0.3 is 0 Å². The van der Waals surface area contributed by atoms with Crippen molar-refractivity contribution < 1.29 is 24.5 Å². The van der Waals surface area contributed by atoms with Gasteiger partial charge in [0.15, 0.2) is 0 Å². The predicted octanol–water partition coefficient (Wildman–Crippen LogP) is 23.0. The molecular weight excluding hydrogens is 899 g/mol. The van der Waals surface area contributed by atoms with Crippen LogP contribution in [0.15, 0.2) is 0 Å². The summed E-state index contributed by atoms with van der Waals surface area (Å²) >= 11 is 0. The van der Waals surface area contributed by atoms with E-state index >= 15 is 0 Å². The van der Waals surface area contributed by atoms with Crippen LogP contribution in [0, 0.1) is 11.8 Å². The Bertz CT molecular complexity index is 700. The van der Waals surface area contributed by atoms with Gasteiger partial charge in [0.05, 0.1) is 6.10 Å². The van der Waals surface area contributed by atoms with Crippen LogP contribution in [0.2, 0.25) is 0 Å². The molecule has 0 heterocycles. The predicted molar refractivity (Wildman–Crippen MR) is 340 cm³/mol. The minimum Gasteiger partial charge on any atom is -0.465 e. The third-order valence-electron chi connectivity index (χ3n) is 11.8. The van der Waals surface area contributed by atoms with Crippen molar-refractivity contribution in [1.82, 2.24) is 4.90 Å². The second kappa shape index (κ2) is 111. The first-order chi connectivity index (χ1) is 35.6. The summed E-state index contributed by atoms with van der Waals surface area (Å²) in [4.78, 5) is 12.2. The lowest BCUT2D eigenvalue weighted by Gasteiger charge is -2.21. The number of hydrogen-bond acceptors (Lipinski definition) is 6. The number of carbonyl (C=O) groups is 1. The zero-order valence-corrected chi connectivity index (χ0v) is 55.6. The van der Waals surface area contributed by atoms with E-state index in [2.05, 4.69) is 99.6 Å². The number of rotatable bonds is 43. The van der Waals surface area contributed by atoms with Crippen molar-refractivity contribution in [1.29, 1.82) is 0 Å². The molecule has 0 aromatic carbocycles. The third-order valence-corrected chi connectivity index (χ3v) is 11.8. The highest BCUT2D eigenvalue weighted by atomic mass is 16.5. The largest absolute Gasteiger partial charge is 0.465 e. The minimum atomic E-state index is 0.0949. The molecule has 0 aromatic rings. The van der Waals surface area contributed by atoms with Crippen molar-refractivity contribution in [2.45, 2.75) is 376 Å². The molecular formula is C67H153NO5. The van der Waals surface area contributed by atoms with Gasteiger partial charge < -0.3 is 24.6 Å². The fourth-order valence-electron chi connectivity index (χ4n) is 7.61. The molecule has 0 aliphatic rings. The van der Waals surface area contributed by atoms with E-state index in [-0.39, 0.29) is 6.10 Å². The van der Waals surface area contributed by atoms with Gasteiger partial charge in [0, 0.05) is 33.5 Å². The summed E-state index contributed by atoms with van der Waals surface area (Å²) < 4.78 is 10.3. The van der Waals surface area contributed by atoms with E-state index < -0.39 is 0 Å². The highest BCUT2D eigenvalue weighted by molar-refractivity contribution is 5.37. The Kier molecular flexibility index (Phi) is 144. The molecule has 0 amide bonds. The molecule has 73 heavy (non-hydrogen) atoms. The van der Waals surface area contributed by atoms with Gasteiger partial charge in [-0.1, -0.05) is 318 Å². The molecule has 6 nitrogen and oxygen atoms in total. The van der Waals surface area contributed by atoms with Crippen LogP contribution in [0.25, 0.3) is 0 Å². The number of unbranched alkanes of at least 4 members (excludes halogenated alkanes) is 19. The van der Waals surface area contributed by atoms with Gasteiger partial charge in [0.2, 0.25) is 0 Å². The topological polar surface area (TPSA) is 79.2 Å². The number of aliphatic hydroxyl groups is 2. The third kappa shape index (κ3) is 125. The van der Waals surface area contributed by atoms with Crippen LogP contribution >= 0.6 is 0 Å². The second-order valence-corrected chi connectivity index (χ2v) is 19.3. The summed E-state index contributed by atoms with van der Waals surface area (Å²) in [6.07, 6.45) is 48.5. The Morgan fingerprint density at radius 2 is 0.726 bits per heavy atom. The van der Waals surface area contributed by atoms with Crippen LogP contribution in [-0.2, 0) is 14.3 Å². The van der Waals surface area contributed by atoms with E-state index in [0.717, 1.165) is 58.0 Å². The molecule has 0 radical (unpaired) electrons. The molecule has 1 unspecified atom stereocenters. The van der Waals surface area contributed by atoms with Gasteiger partial charge in [-0.3, -0.25) is 4.79 Å². The molecule has 0 spiro atoms. The van der Waals surface area contributed by atoms with Crippen LogP contribution in [0.4, 0.5) is 0 Å². The smallest absolute Gasteiger partial charge is 0.293 e. The summed E-state index contributed by atoms with van der Waals surface area (Å²) in [5, 5.41) is 15.9. The average Bonchev–Trinajstić information content (AvgIpc) is 3.41. The normalized spacial score (nSPS) is 10.5. The molecule has 0 aromatic heterocycles. The van der Waals surface area contributed by atoms with E-state index in [1.807, 2.05) is 48.5 Å². The summed E-state index contributed by atoms with van der Waals surface area (Å²) in [6, 6.07) is 0. The van der Waals surface area contributed by atoms with Gasteiger partial charge in [0.25, 0.3) is 6.47 Å². The van der Waals surface area contributed by atoms with Crippen molar-refractivity contribution in [3.63, 3.8) is 0 Å². The molecule has 0 saturated carbocycles. The quantitative estimate of drug-likeness (QED) is 0.0468. The number of nitrogens with zero attached hydrogens (tertiary/aromatic N) is 1. The minimum absolute atomic E-state index is 0.0949. The molecule has 6 heteroatoms. The van der Waals surface area contributed by atoms with Crippen molar-refractivity contribution >= 4 is 6.47 Å². The van der Waals surface area contributed by atoms with Gasteiger partial charge in [-0.25, -0.2) is 0 Å². The number of hydrogen-bond donors (Lipinski definition) is 2. The Morgan fingerprint density at radius 3 is 1.08 bits per heavy atom. The van der Waals surface area contributed by atoms with Crippen molar-refractivity contribution in [3.8, 4) is 0 Å². The summed E-state index contributed by atoms with van der Waals surface area (Å²) in [5.41, 5.74) is 0. The zero-order valence-electron chi connectivity index (χ0n) is 55.6. The zero-order chi connectivity index (χ0) is 58.1. The first-order valence-corrected chi connectivity index (χ1v) is 33.1. The van der Waals surface area contributed by atoms with Crippen LogP contribution in [0.5, 0.6) is 0 Å². The van der Waals surface area contributed by atoms with E-state index in [1.54, 1.807) is 0 Å². The molecule has 0 bridgehead atoms. The van der Waals surface area contributed by atoms with E-state index in [9.17, 15) is 4.79 Å². The summed E-state index contributed by atoms with van der Waals surface area (Å²) in [6.45, 7) is 49.3. The van der Waals surface area contributed by atoms with Crippen LogP contribution in [0.3, 0.4) is 0 Å². The first kappa shape index (κ1) is 94.7. The summed E-state index contributed by atoms with van der Waals surface area (Å²) in [7, 11) is 1.00. The second-order valence-electron chi connectivity index (χ2n) is 19.3. The van der Waals surface area contributed by atoms with E-state index in [4.69, 9.17) is 14.9 Å². The van der Waals surface area contributed by atoms with Gasteiger partial charge in [-0.05, 0) is 76.8 Å². The van der Waals surface area contributed by atoms with Crippen molar-refractivity contribution in [2.75, 3.05) is 46.6 Å². The van der Waals surface area contributed by atoms with Crippen molar-refractivity contribution in [2.24, 2.45) is 11.8 Å². The fraction of sp³-hybridized carbons (Fsp3) is 0.985. The Morgan fingerprint density at radius 1 is 0.384 bits per heavy atom. The van der Waals surface area contributed by atoms with Crippen LogP contribution in [-0.4, -0.2) is 74.3 Å². The lowest BCUT2D eigenvalue weighted by atomic mass is 9.89. The maximum Gasteiger partial charge on any atom is 0.293 e. The Hall–Kier alpha value is -0.690. The lowest BCUT2D eigenvalue weighted by molar-refractivity contribution is -0.133. The van der Waals surface area contributed by atoms with E-state index in [1.165, 1.54) is 225 Å². The molecule has 456 valence electrons. The van der Waals surface area contributed by atoms with Crippen LogP contribution < -0.4 is 0 Å². The monoisotopic (exact) mass is 1050 g/mol. The molecule has 2 atom stereocenters. The summed E-state index contributed by atoms with van der Waals surface area (Å²) in [5.74, 6) is 1.86. The number of carbonyl (C=O) groups excluding carboxylic acids is 1. The maximum atomic E-state index is 9.67. The van der Waals surface area contributed by atoms with Gasteiger partial charge in [-0.2, -0.15) is 0 Å². The van der Waals surface area contributed by atoms with Crippen LogP contribution in [0.1, 0.15) is 370 Å². The van der Waals surface area contributed by atoms with Crippen molar-refractivity contribution in [3.05, 3.63) is 0 Å². The Balaban J connectivity index is -0.0000000850. The van der Waals surface area contributed by atoms with Gasteiger partial charge in [0.1, 0.15) is 0 Å². The standard InChI is InChI=1S/C20H42O.C14H31NO.C12H26.C6H12O2.C5H12.C3H8.3C2H6.CH4O/c1-5-8-9-10-17-21-18-11-14-19(4)15-16-20(12-6-2)13-7-3;1-3-5-7-8-9-12-15(11-6-4-2)13-10-14-16;1-3-5-7-9-11-12-10-8-6-4-2;1-3-4-6(2)8-5-7;1-3-5-4-2;1-3-2;4*1-2/h19-20H,5-18H2,1-4H3;16H,3-14H2,1-2H3;3-12H2,1-2H3;5-6H,3-4H2,1-2H3;3-5H2,1-2H3;3H2,1-2H3;3*1-2H3;2H,1H3/t;;;6-;;;;;;/m...1....../s1. The fourth-order valence-corrected chi connectivity index (χ4v) is 7.61. The maximum absolute atomic E-state index is 9.67. The average molecular weight is 1050 g/mol. The molecule has 2 N–H and O–H groups in total. The van der Waals surface area contributed by atoms with E-state index in [0.29, 0.717) is 13.1 Å². The first-order valence-electron chi connectivity index (χ1n) is 33.1. The van der Waals surface area contributed by atoms with Gasteiger partial charge in [-0.15, -0.1) is 0 Å². The highest BCUT2D eigenvalue weighted by Crippen LogP contribution is 2.23.